The van der Waals surface area contributed by atoms with Gasteiger partial charge in [0.05, 0.1) is 0 Å². The number of amides is 4. The molecule has 264 valence electrons. The Balaban J connectivity index is 0.952. The van der Waals surface area contributed by atoms with Crippen LogP contribution in [0.3, 0.4) is 0 Å². The smallest absolute Gasteiger partial charge is 0.351 e. The number of urea groups is 1. The van der Waals surface area contributed by atoms with Gasteiger partial charge in [0.25, 0.3) is 0 Å². The molecule has 11 heteroatoms. The van der Waals surface area contributed by atoms with Crippen LogP contribution in [0, 0.1) is 0 Å². The van der Waals surface area contributed by atoms with Crippen molar-refractivity contribution in [1.29, 1.82) is 0 Å². The number of anilines is 1. The van der Waals surface area contributed by atoms with E-state index in [0.29, 0.717) is 58.0 Å². The molecule has 0 aromatic heterocycles. The highest BCUT2D eigenvalue weighted by molar-refractivity contribution is 5.91. The average molecular weight is 672 g/mol. The monoisotopic (exact) mass is 671 g/mol. The van der Waals surface area contributed by atoms with E-state index in [1.54, 1.807) is 5.06 Å². The number of nitrogens with one attached hydrogen (secondary N) is 2. The Hall–Kier alpha value is -3.67. The SMILES string of the molecule is CN1CCN(C2CCN(C(=O)[C@@H](Cc3ccc4c(c3)CCCC4)NC(=O)ON3CCC(N4CCc5ccccc5NC4=O)CC3)CC2)CC1. The molecular formula is C38H53N7O4. The van der Waals surface area contributed by atoms with Gasteiger partial charge in [0.1, 0.15) is 6.04 Å². The molecule has 4 aliphatic heterocycles. The number of hydrogen-bond acceptors (Lipinski definition) is 7. The molecule has 11 nitrogen and oxygen atoms in total. The minimum atomic E-state index is -0.700. The van der Waals surface area contributed by atoms with Crippen molar-refractivity contribution in [1.82, 2.24) is 30.0 Å². The number of piperidine rings is 2. The highest BCUT2D eigenvalue weighted by Gasteiger charge is 2.35. The maximum atomic E-state index is 14.1. The number of likely N-dealkylation sites (N-methyl/N-ethyl adjacent to an activating group) is 1. The second-order valence-electron chi connectivity index (χ2n) is 14.7. The van der Waals surface area contributed by atoms with E-state index in [2.05, 4.69) is 51.7 Å². The quantitative estimate of drug-likeness (QED) is 0.461. The van der Waals surface area contributed by atoms with Crippen LogP contribution < -0.4 is 10.6 Å². The fraction of sp³-hybridized carbons (Fsp3) is 0.605. The number of piperazine rings is 1. The van der Waals surface area contributed by atoms with Gasteiger partial charge in [-0.3, -0.25) is 9.69 Å². The Bertz CT molecular complexity index is 1480. The molecule has 2 aromatic carbocycles. The number of carbonyl (C=O) groups excluding carboxylic acids is 3. The van der Waals surface area contributed by atoms with Crippen molar-refractivity contribution in [2.24, 2.45) is 0 Å². The first-order valence-electron chi connectivity index (χ1n) is 18.6. The minimum Gasteiger partial charge on any atom is -0.351 e. The second kappa shape index (κ2) is 15.5. The van der Waals surface area contributed by atoms with Gasteiger partial charge in [-0.2, -0.15) is 0 Å². The summed E-state index contributed by atoms with van der Waals surface area (Å²) in [6.45, 7) is 7.47. The molecule has 49 heavy (non-hydrogen) atoms. The first-order valence-corrected chi connectivity index (χ1v) is 18.6. The van der Waals surface area contributed by atoms with Gasteiger partial charge in [-0.25, -0.2) is 9.59 Å². The van der Waals surface area contributed by atoms with E-state index < -0.39 is 12.1 Å². The molecule has 7 rings (SSSR count). The van der Waals surface area contributed by atoms with Crippen molar-refractivity contribution in [2.75, 3.05) is 71.3 Å². The van der Waals surface area contributed by atoms with Gasteiger partial charge < -0.3 is 30.2 Å². The number of para-hydroxylation sites is 1. The zero-order chi connectivity index (χ0) is 33.7. The van der Waals surface area contributed by atoms with E-state index in [4.69, 9.17) is 4.84 Å². The zero-order valence-electron chi connectivity index (χ0n) is 29.1. The van der Waals surface area contributed by atoms with Crippen molar-refractivity contribution in [3.8, 4) is 0 Å². The fourth-order valence-electron chi connectivity index (χ4n) is 8.48. The number of rotatable bonds is 7. The minimum absolute atomic E-state index is 0.0293. The molecule has 0 unspecified atom stereocenters. The number of hydrogen-bond donors (Lipinski definition) is 2. The molecule has 4 amide bonds. The lowest BCUT2D eigenvalue weighted by Gasteiger charge is -2.42. The van der Waals surface area contributed by atoms with Crippen molar-refractivity contribution in [2.45, 2.75) is 82.3 Å². The van der Waals surface area contributed by atoms with Crippen molar-refractivity contribution in [3.05, 3.63) is 64.7 Å². The lowest BCUT2D eigenvalue weighted by atomic mass is 9.89. The second-order valence-corrected chi connectivity index (χ2v) is 14.7. The van der Waals surface area contributed by atoms with E-state index in [1.165, 1.54) is 24.0 Å². The van der Waals surface area contributed by atoms with Crippen LogP contribution in [0.2, 0.25) is 0 Å². The number of fused-ring (bicyclic) bond motifs is 2. The molecular weight excluding hydrogens is 618 g/mol. The van der Waals surface area contributed by atoms with Crippen LogP contribution in [0.15, 0.2) is 42.5 Å². The van der Waals surface area contributed by atoms with Crippen LogP contribution in [0.25, 0.3) is 0 Å². The number of nitrogens with zero attached hydrogens (tertiary/aromatic N) is 5. The molecule has 2 N–H and O–H groups in total. The van der Waals surface area contributed by atoms with E-state index in [0.717, 1.165) is 75.1 Å². The molecule has 0 radical (unpaired) electrons. The van der Waals surface area contributed by atoms with Gasteiger partial charge in [0, 0.05) is 83.1 Å². The standard InChI is InChI=1S/C38H53N7O4/c1-41-22-24-42(25-23-41)32-13-17-43(18-14-32)36(46)35(27-28-10-11-29-6-2-3-8-31(29)26-28)40-38(48)49-44-19-15-33(16-20-44)45-21-12-30-7-4-5-9-34(30)39-37(45)47/h4-5,7,9-11,26,32-33,35H,2-3,6,8,12-25,27H2,1H3,(H,39,47)(H,40,48)/t35-/m1/s1. The topological polar surface area (TPSA) is 101 Å². The van der Waals surface area contributed by atoms with Crippen molar-refractivity contribution >= 4 is 23.7 Å². The summed E-state index contributed by atoms with van der Waals surface area (Å²) in [5.74, 6) is -0.0293. The third-order valence-electron chi connectivity index (χ3n) is 11.5. The highest BCUT2D eigenvalue weighted by atomic mass is 16.7. The van der Waals surface area contributed by atoms with E-state index in [1.807, 2.05) is 28.0 Å². The molecule has 3 fully saturated rings. The predicted octanol–water partition coefficient (Wildman–Crippen LogP) is 3.91. The Labute approximate surface area is 290 Å². The number of carbonyl (C=O) groups is 3. The Kier molecular flexibility index (Phi) is 10.7. The number of hydroxylamine groups is 2. The molecule has 4 heterocycles. The van der Waals surface area contributed by atoms with Gasteiger partial charge in [-0.15, -0.1) is 5.06 Å². The zero-order valence-corrected chi connectivity index (χ0v) is 29.1. The predicted molar refractivity (Wildman–Crippen MR) is 189 cm³/mol. The normalized spacial score (nSPS) is 22.4. The Morgan fingerprint density at radius 1 is 0.816 bits per heavy atom. The molecule has 2 aromatic rings. The first kappa shape index (κ1) is 33.8. The van der Waals surface area contributed by atoms with Crippen molar-refractivity contribution in [3.63, 3.8) is 0 Å². The van der Waals surface area contributed by atoms with Crippen LogP contribution in [-0.2, 0) is 35.3 Å². The van der Waals surface area contributed by atoms with Crippen molar-refractivity contribution < 1.29 is 19.2 Å². The van der Waals surface area contributed by atoms with E-state index in [-0.39, 0.29) is 18.0 Å². The van der Waals surface area contributed by atoms with Crippen LogP contribution in [0.4, 0.5) is 15.3 Å². The molecule has 1 aliphatic carbocycles. The lowest BCUT2D eigenvalue weighted by Crippen LogP contribution is -2.56. The Morgan fingerprint density at radius 2 is 1.53 bits per heavy atom. The third-order valence-corrected chi connectivity index (χ3v) is 11.5. The van der Waals surface area contributed by atoms with Crippen LogP contribution in [0.5, 0.6) is 0 Å². The maximum Gasteiger partial charge on any atom is 0.426 e. The molecule has 5 aliphatic rings. The average Bonchev–Trinajstić information content (AvgIpc) is 3.30. The summed E-state index contributed by atoms with van der Waals surface area (Å²) in [6, 6.07) is 14.3. The Morgan fingerprint density at radius 3 is 2.31 bits per heavy atom. The van der Waals surface area contributed by atoms with Crippen LogP contribution >= 0.6 is 0 Å². The molecule has 3 saturated heterocycles. The lowest BCUT2D eigenvalue weighted by molar-refractivity contribution is -0.137. The van der Waals surface area contributed by atoms with Gasteiger partial charge in [0.15, 0.2) is 0 Å². The third kappa shape index (κ3) is 8.22. The largest absolute Gasteiger partial charge is 0.426 e. The summed E-state index contributed by atoms with van der Waals surface area (Å²) in [6.07, 6.45) is 8.58. The van der Waals surface area contributed by atoms with Gasteiger partial charge >= 0.3 is 12.1 Å². The first-order chi connectivity index (χ1) is 23.9. The van der Waals surface area contributed by atoms with Crippen LogP contribution in [0.1, 0.15) is 60.8 Å². The summed E-state index contributed by atoms with van der Waals surface area (Å²) in [7, 11) is 2.18. The summed E-state index contributed by atoms with van der Waals surface area (Å²) in [4.78, 5) is 55.2. The van der Waals surface area contributed by atoms with Gasteiger partial charge in [0.2, 0.25) is 5.91 Å². The highest BCUT2D eigenvalue weighted by Crippen LogP contribution is 2.26. The number of likely N-dealkylation sites (tertiary alicyclic amines) is 1. The van der Waals surface area contributed by atoms with Gasteiger partial charge in [-0.05, 0) is 93.2 Å². The summed E-state index contributed by atoms with van der Waals surface area (Å²) >= 11 is 0. The fourth-order valence-corrected chi connectivity index (χ4v) is 8.48. The summed E-state index contributed by atoms with van der Waals surface area (Å²) in [5.41, 5.74) is 5.88. The summed E-state index contributed by atoms with van der Waals surface area (Å²) < 4.78 is 0. The van der Waals surface area contributed by atoms with E-state index >= 15 is 0 Å². The molecule has 1 atom stereocenters. The summed E-state index contributed by atoms with van der Waals surface area (Å²) in [5, 5.41) is 7.73. The molecule has 0 saturated carbocycles. The number of benzene rings is 2. The van der Waals surface area contributed by atoms with Crippen LogP contribution in [-0.4, -0.2) is 127 Å². The van der Waals surface area contributed by atoms with E-state index in [9.17, 15) is 14.4 Å². The van der Waals surface area contributed by atoms with Gasteiger partial charge in [-0.1, -0.05) is 36.4 Å². The molecule has 0 bridgehead atoms. The molecule has 0 spiro atoms. The maximum absolute atomic E-state index is 14.1. The number of aryl methyl sites for hydroxylation is 2.